The quantitative estimate of drug-likeness (QED) is 0.797. The molecular formula is C20H24N2O2. The third-order valence-corrected chi connectivity index (χ3v) is 3.84. The number of unbranched alkanes of at least 4 members (excludes halogenated alkanes) is 1. The second-order valence-electron chi connectivity index (χ2n) is 5.83. The molecule has 2 N–H and O–H groups in total. The van der Waals surface area contributed by atoms with Crippen LogP contribution in [0.2, 0.25) is 0 Å². The molecule has 0 bridgehead atoms. The van der Waals surface area contributed by atoms with Crippen molar-refractivity contribution in [3.8, 4) is 0 Å². The Morgan fingerprint density at radius 3 is 2.29 bits per heavy atom. The molecule has 4 nitrogen and oxygen atoms in total. The first-order valence-corrected chi connectivity index (χ1v) is 8.36. The molecule has 2 amide bonds. The number of amides is 2. The molecule has 0 fully saturated rings. The lowest BCUT2D eigenvalue weighted by molar-refractivity contribution is -0.116. The highest BCUT2D eigenvalue weighted by molar-refractivity contribution is 5.96. The molecule has 0 saturated carbocycles. The Morgan fingerprint density at radius 1 is 1.00 bits per heavy atom. The second-order valence-corrected chi connectivity index (χ2v) is 5.83. The van der Waals surface area contributed by atoms with Crippen molar-refractivity contribution < 1.29 is 9.59 Å². The minimum Gasteiger partial charge on any atom is -0.346 e. The van der Waals surface area contributed by atoms with Gasteiger partial charge in [0.25, 0.3) is 5.91 Å². The third-order valence-electron chi connectivity index (χ3n) is 3.84. The van der Waals surface area contributed by atoms with Crippen LogP contribution in [-0.2, 0) is 4.79 Å². The van der Waals surface area contributed by atoms with Gasteiger partial charge in [0.15, 0.2) is 0 Å². The van der Waals surface area contributed by atoms with E-state index in [4.69, 9.17) is 0 Å². The SMILES string of the molecule is CCCCC(=O)Nc1ccc(C(=O)NC(C)c2ccccc2)cc1. The Balaban J connectivity index is 1.92. The van der Waals surface area contributed by atoms with Gasteiger partial charge in [0.05, 0.1) is 6.04 Å². The van der Waals surface area contributed by atoms with Gasteiger partial charge in [-0.15, -0.1) is 0 Å². The van der Waals surface area contributed by atoms with E-state index in [1.165, 1.54) is 0 Å². The molecular weight excluding hydrogens is 300 g/mol. The van der Waals surface area contributed by atoms with Crippen LogP contribution >= 0.6 is 0 Å². The molecule has 0 heterocycles. The van der Waals surface area contributed by atoms with Crippen LogP contribution in [0.4, 0.5) is 5.69 Å². The zero-order valence-electron chi connectivity index (χ0n) is 14.2. The van der Waals surface area contributed by atoms with Crippen molar-refractivity contribution in [1.82, 2.24) is 5.32 Å². The molecule has 0 aliphatic carbocycles. The van der Waals surface area contributed by atoms with E-state index in [1.54, 1.807) is 24.3 Å². The number of benzene rings is 2. The topological polar surface area (TPSA) is 58.2 Å². The van der Waals surface area contributed by atoms with Gasteiger partial charge in [-0.05, 0) is 43.2 Å². The van der Waals surface area contributed by atoms with Gasteiger partial charge < -0.3 is 10.6 Å². The first-order valence-electron chi connectivity index (χ1n) is 8.36. The molecule has 0 aromatic heterocycles. The van der Waals surface area contributed by atoms with Crippen LogP contribution in [-0.4, -0.2) is 11.8 Å². The van der Waals surface area contributed by atoms with E-state index < -0.39 is 0 Å². The minimum atomic E-state index is -0.129. The number of nitrogens with one attached hydrogen (secondary N) is 2. The summed E-state index contributed by atoms with van der Waals surface area (Å²) < 4.78 is 0. The monoisotopic (exact) mass is 324 g/mol. The lowest BCUT2D eigenvalue weighted by Crippen LogP contribution is -2.26. The largest absolute Gasteiger partial charge is 0.346 e. The van der Waals surface area contributed by atoms with Crippen molar-refractivity contribution in [2.45, 2.75) is 39.2 Å². The summed E-state index contributed by atoms with van der Waals surface area (Å²) in [6, 6.07) is 16.7. The first kappa shape index (κ1) is 17.7. The second kappa shape index (κ2) is 8.87. The van der Waals surface area contributed by atoms with Crippen LogP contribution in [0.25, 0.3) is 0 Å². The van der Waals surface area contributed by atoms with Gasteiger partial charge >= 0.3 is 0 Å². The molecule has 1 unspecified atom stereocenters. The predicted molar refractivity (Wildman–Crippen MR) is 96.9 cm³/mol. The maximum atomic E-state index is 12.3. The maximum Gasteiger partial charge on any atom is 0.251 e. The molecule has 1 atom stereocenters. The number of carbonyl (C=O) groups excluding carboxylic acids is 2. The van der Waals surface area contributed by atoms with Gasteiger partial charge in [-0.3, -0.25) is 9.59 Å². The highest BCUT2D eigenvalue weighted by atomic mass is 16.2. The van der Waals surface area contributed by atoms with E-state index in [9.17, 15) is 9.59 Å². The first-order chi connectivity index (χ1) is 11.6. The molecule has 2 aromatic carbocycles. The van der Waals surface area contributed by atoms with E-state index in [1.807, 2.05) is 37.3 Å². The maximum absolute atomic E-state index is 12.3. The van der Waals surface area contributed by atoms with E-state index >= 15 is 0 Å². The Labute approximate surface area is 143 Å². The lowest BCUT2D eigenvalue weighted by atomic mass is 10.1. The molecule has 0 aliphatic rings. The van der Waals surface area contributed by atoms with E-state index in [-0.39, 0.29) is 17.9 Å². The van der Waals surface area contributed by atoms with Gasteiger partial charge in [0.1, 0.15) is 0 Å². The molecule has 4 heteroatoms. The van der Waals surface area contributed by atoms with Gasteiger partial charge in [-0.25, -0.2) is 0 Å². The summed E-state index contributed by atoms with van der Waals surface area (Å²) in [7, 11) is 0. The van der Waals surface area contributed by atoms with Crippen molar-refractivity contribution in [1.29, 1.82) is 0 Å². The van der Waals surface area contributed by atoms with Crippen LogP contribution in [0.1, 0.15) is 55.1 Å². The summed E-state index contributed by atoms with van der Waals surface area (Å²) in [6.07, 6.45) is 2.39. The summed E-state index contributed by atoms with van der Waals surface area (Å²) in [6.45, 7) is 4.01. The standard InChI is InChI=1S/C20H24N2O2/c1-3-4-10-19(23)22-18-13-11-17(12-14-18)20(24)21-15(2)16-8-6-5-7-9-16/h5-9,11-15H,3-4,10H2,1-2H3,(H,21,24)(H,22,23). The molecule has 0 spiro atoms. The fourth-order valence-electron chi connectivity index (χ4n) is 2.37. The fourth-order valence-corrected chi connectivity index (χ4v) is 2.37. The Hall–Kier alpha value is -2.62. The number of rotatable bonds is 7. The van der Waals surface area contributed by atoms with Gasteiger partial charge in [-0.1, -0.05) is 43.7 Å². The molecule has 0 aliphatic heterocycles. The van der Waals surface area contributed by atoms with E-state index in [2.05, 4.69) is 17.6 Å². The van der Waals surface area contributed by atoms with E-state index in [0.717, 1.165) is 18.4 Å². The molecule has 0 saturated heterocycles. The molecule has 2 aromatic rings. The third kappa shape index (κ3) is 5.23. The predicted octanol–water partition coefficient (Wildman–Crippen LogP) is 4.31. The van der Waals surface area contributed by atoms with Crippen molar-refractivity contribution in [2.24, 2.45) is 0 Å². The molecule has 126 valence electrons. The van der Waals surface area contributed by atoms with Crippen molar-refractivity contribution in [3.05, 3.63) is 65.7 Å². The van der Waals surface area contributed by atoms with Crippen molar-refractivity contribution in [2.75, 3.05) is 5.32 Å². The smallest absolute Gasteiger partial charge is 0.251 e. The normalized spacial score (nSPS) is 11.6. The molecule has 2 rings (SSSR count). The van der Waals surface area contributed by atoms with Crippen LogP contribution in [0.15, 0.2) is 54.6 Å². The highest BCUT2D eigenvalue weighted by Crippen LogP contribution is 2.14. The summed E-state index contributed by atoms with van der Waals surface area (Å²) in [4.78, 5) is 24.0. The summed E-state index contributed by atoms with van der Waals surface area (Å²) in [5.41, 5.74) is 2.35. The number of hydrogen-bond donors (Lipinski definition) is 2. The number of carbonyl (C=O) groups is 2. The van der Waals surface area contributed by atoms with Gasteiger partial charge in [0.2, 0.25) is 5.91 Å². The summed E-state index contributed by atoms with van der Waals surface area (Å²) in [5.74, 6) is -0.123. The van der Waals surface area contributed by atoms with Crippen LogP contribution in [0, 0.1) is 0 Å². The van der Waals surface area contributed by atoms with Gasteiger partial charge in [0, 0.05) is 17.7 Å². The van der Waals surface area contributed by atoms with Crippen LogP contribution < -0.4 is 10.6 Å². The summed E-state index contributed by atoms with van der Waals surface area (Å²) >= 11 is 0. The number of anilines is 1. The Bertz CT molecular complexity index is 666. The van der Waals surface area contributed by atoms with Gasteiger partial charge in [-0.2, -0.15) is 0 Å². The van der Waals surface area contributed by atoms with Crippen LogP contribution in [0.3, 0.4) is 0 Å². The minimum absolute atomic E-state index is 0.00625. The Morgan fingerprint density at radius 2 is 1.67 bits per heavy atom. The zero-order valence-corrected chi connectivity index (χ0v) is 14.2. The lowest BCUT2D eigenvalue weighted by Gasteiger charge is -2.14. The van der Waals surface area contributed by atoms with Crippen molar-refractivity contribution >= 4 is 17.5 Å². The van der Waals surface area contributed by atoms with Crippen LogP contribution in [0.5, 0.6) is 0 Å². The zero-order chi connectivity index (χ0) is 17.4. The summed E-state index contributed by atoms with van der Waals surface area (Å²) in [5, 5.41) is 5.81. The van der Waals surface area contributed by atoms with E-state index in [0.29, 0.717) is 17.7 Å². The fraction of sp³-hybridized carbons (Fsp3) is 0.300. The molecule has 24 heavy (non-hydrogen) atoms. The average Bonchev–Trinajstić information content (AvgIpc) is 2.61. The highest BCUT2D eigenvalue weighted by Gasteiger charge is 2.11. The average molecular weight is 324 g/mol. The van der Waals surface area contributed by atoms with Crippen molar-refractivity contribution in [3.63, 3.8) is 0 Å². The molecule has 0 radical (unpaired) electrons. The number of hydrogen-bond acceptors (Lipinski definition) is 2. The Kier molecular flexibility index (Phi) is 6.55.